The van der Waals surface area contributed by atoms with Crippen LogP contribution in [-0.2, 0) is 4.79 Å². The summed E-state index contributed by atoms with van der Waals surface area (Å²) in [6.07, 6.45) is 0.528. The van der Waals surface area contributed by atoms with Crippen LogP contribution in [0.5, 0.6) is 5.75 Å². The second kappa shape index (κ2) is 9.31. The Morgan fingerprint density at radius 1 is 1.19 bits per heavy atom. The van der Waals surface area contributed by atoms with Crippen molar-refractivity contribution in [3.63, 3.8) is 0 Å². The minimum atomic E-state index is -0.0584. The van der Waals surface area contributed by atoms with Crippen LogP contribution in [0, 0.1) is 0 Å². The summed E-state index contributed by atoms with van der Waals surface area (Å²) in [5.41, 5.74) is 5.51. The van der Waals surface area contributed by atoms with E-state index in [9.17, 15) is 4.79 Å². The minimum Gasteiger partial charge on any atom is -0.484 e. The standard InChI is InChI=1S/C15H23N3O2S/c1-17(2)10-11-18(9-8-14(16)21)15(19)12-20-13-6-4-3-5-7-13/h3-7H,8-12H2,1-2H3,(H2,16,21). The lowest BCUT2D eigenvalue weighted by molar-refractivity contribution is -0.133. The Morgan fingerprint density at radius 3 is 2.43 bits per heavy atom. The molecule has 0 saturated carbocycles. The highest BCUT2D eigenvalue weighted by Gasteiger charge is 2.14. The zero-order valence-electron chi connectivity index (χ0n) is 12.6. The summed E-state index contributed by atoms with van der Waals surface area (Å²) in [5.74, 6) is 0.629. The Morgan fingerprint density at radius 2 is 1.86 bits per heavy atom. The molecule has 0 atom stereocenters. The highest BCUT2D eigenvalue weighted by molar-refractivity contribution is 7.80. The van der Waals surface area contributed by atoms with Gasteiger partial charge in [0.2, 0.25) is 0 Å². The number of thiocarbonyl (C=S) groups is 1. The molecule has 1 aromatic carbocycles. The number of nitrogens with zero attached hydrogens (tertiary/aromatic N) is 2. The van der Waals surface area contributed by atoms with Crippen molar-refractivity contribution in [2.45, 2.75) is 6.42 Å². The monoisotopic (exact) mass is 309 g/mol. The average molecular weight is 309 g/mol. The van der Waals surface area contributed by atoms with Gasteiger partial charge >= 0.3 is 0 Å². The fraction of sp³-hybridized carbons (Fsp3) is 0.467. The van der Waals surface area contributed by atoms with Crippen molar-refractivity contribution in [2.75, 3.05) is 40.3 Å². The summed E-state index contributed by atoms with van der Waals surface area (Å²) in [4.78, 5) is 16.4. The maximum absolute atomic E-state index is 12.2. The molecule has 5 nitrogen and oxygen atoms in total. The first-order chi connectivity index (χ1) is 9.99. The van der Waals surface area contributed by atoms with Crippen LogP contribution in [0.3, 0.4) is 0 Å². The van der Waals surface area contributed by atoms with E-state index in [2.05, 4.69) is 0 Å². The Balaban J connectivity index is 2.50. The molecule has 0 aliphatic carbocycles. The second-order valence-corrected chi connectivity index (χ2v) is 5.53. The fourth-order valence-electron chi connectivity index (χ4n) is 1.68. The molecular weight excluding hydrogens is 286 g/mol. The van der Waals surface area contributed by atoms with Crippen LogP contribution < -0.4 is 10.5 Å². The quantitative estimate of drug-likeness (QED) is 0.693. The van der Waals surface area contributed by atoms with Gasteiger partial charge in [-0.05, 0) is 26.2 Å². The van der Waals surface area contributed by atoms with Gasteiger partial charge in [-0.25, -0.2) is 0 Å². The SMILES string of the molecule is CN(C)CCN(CCC(N)=S)C(=O)COc1ccccc1. The summed E-state index contributed by atoms with van der Waals surface area (Å²) in [6.45, 7) is 1.97. The highest BCUT2D eigenvalue weighted by Crippen LogP contribution is 2.08. The largest absolute Gasteiger partial charge is 0.484 e. The zero-order valence-corrected chi connectivity index (χ0v) is 13.4. The van der Waals surface area contributed by atoms with Crippen LogP contribution in [0.4, 0.5) is 0 Å². The summed E-state index contributed by atoms with van der Waals surface area (Å²) in [6, 6.07) is 9.30. The molecule has 0 bridgehead atoms. The first-order valence-corrected chi connectivity index (χ1v) is 7.28. The lowest BCUT2D eigenvalue weighted by atomic mass is 10.3. The van der Waals surface area contributed by atoms with E-state index in [1.807, 2.05) is 49.3 Å². The van der Waals surface area contributed by atoms with Gasteiger partial charge in [0, 0.05) is 26.1 Å². The number of hydrogen-bond acceptors (Lipinski definition) is 4. The van der Waals surface area contributed by atoms with Gasteiger partial charge in [-0.15, -0.1) is 0 Å². The number of para-hydroxylation sites is 1. The van der Waals surface area contributed by atoms with Crippen molar-refractivity contribution < 1.29 is 9.53 Å². The lowest BCUT2D eigenvalue weighted by Crippen LogP contribution is -2.40. The molecule has 0 heterocycles. The van der Waals surface area contributed by atoms with Gasteiger partial charge in [-0.1, -0.05) is 30.4 Å². The van der Waals surface area contributed by atoms with E-state index in [4.69, 9.17) is 22.7 Å². The van der Waals surface area contributed by atoms with Crippen LogP contribution >= 0.6 is 12.2 Å². The van der Waals surface area contributed by atoms with E-state index < -0.39 is 0 Å². The molecule has 0 spiro atoms. The molecule has 2 N–H and O–H groups in total. The molecule has 0 unspecified atom stereocenters. The van der Waals surface area contributed by atoms with E-state index in [1.165, 1.54) is 0 Å². The summed E-state index contributed by atoms with van der Waals surface area (Å²) >= 11 is 4.88. The molecule has 21 heavy (non-hydrogen) atoms. The van der Waals surface area contributed by atoms with Crippen LogP contribution in [-0.4, -0.2) is 61.0 Å². The zero-order chi connectivity index (χ0) is 15.7. The van der Waals surface area contributed by atoms with Gasteiger partial charge in [-0.2, -0.15) is 0 Å². The van der Waals surface area contributed by atoms with Crippen molar-refractivity contribution in [1.29, 1.82) is 0 Å². The summed E-state index contributed by atoms with van der Waals surface area (Å²) in [7, 11) is 3.94. The third-order valence-corrected chi connectivity index (χ3v) is 3.11. The number of likely N-dealkylation sites (N-methyl/N-ethyl adjacent to an activating group) is 1. The lowest BCUT2D eigenvalue weighted by Gasteiger charge is -2.24. The van der Waals surface area contributed by atoms with Crippen LogP contribution in [0.15, 0.2) is 30.3 Å². The van der Waals surface area contributed by atoms with Crippen molar-refractivity contribution in [3.05, 3.63) is 30.3 Å². The molecule has 1 aromatic rings. The van der Waals surface area contributed by atoms with Gasteiger partial charge in [0.25, 0.3) is 5.91 Å². The molecule has 0 saturated heterocycles. The number of ether oxygens (including phenoxy) is 1. The van der Waals surface area contributed by atoms with E-state index in [0.29, 0.717) is 30.2 Å². The number of benzene rings is 1. The van der Waals surface area contributed by atoms with E-state index >= 15 is 0 Å². The third-order valence-electron chi connectivity index (χ3n) is 2.90. The van der Waals surface area contributed by atoms with Gasteiger partial charge in [0.1, 0.15) is 5.75 Å². The average Bonchev–Trinajstić information content (AvgIpc) is 2.45. The second-order valence-electron chi connectivity index (χ2n) is 5.00. The molecule has 0 aromatic heterocycles. The number of rotatable bonds is 9. The minimum absolute atomic E-state index is 0.0226. The molecule has 0 aliphatic heterocycles. The van der Waals surface area contributed by atoms with Gasteiger partial charge in [0.05, 0.1) is 4.99 Å². The van der Waals surface area contributed by atoms with Crippen LogP contribution in [0.2, 0.25) is 0 Å². The molecule has 1 rings (SSSR count). The molecule has 116 valence electrons. The first-order valence-electron chi connectivity index (χ1n) is 6.87. The maximum atomic E-state index is 12.2. The summed E-state index contributed by atoms with van der Waals surface area (Å²) < 4.78 is 5.49. The van der Waals surface area contributed by atoms with Gasteiger partial charge in [-0.3, -0.25) is 4.79 Å². The fourth-order valence-corrected chi connectivity index (χ4v) is 1.77. The van der Waals surface area contributed by atoms with Gasteiger partial charge < -0.3 is 20.3 Å². The van der Waals surface area contributed by atoms with Crippen molar-refractivity contribution in [1.82, 2.24) is 9.80 Å². The third kappa shape index (κ3) is 7.63. The first kappa shape index (κ1) is 17.4. The van der Waals surface area contributed by atoms with E-state index in [-0.39, 0.29) is 12.5 Å². The maximum Gasteiger partial charge on any atom is 0.260 e. The number of nitrogens with two attached hydrogens (primary N) is 1. The van der Waals surface area contributed by atoms with Crippen LogP contribution in [0.1, 0.15) is 6.42 Å². The molecule has 6 heteroatoms. The highest BCUT2D eigenvalue weighted by atomic mass is 32.1. The Kier molecular flexibility index (Phi) is 7.71. The predicted molar refractivity (Wildman–Crippen MR) is 88.5 cm³/mol. The van der Waals surface area contributed by atoms with E-state index in [1.54, 1.807) is 4.90 Å². The Bertz CT molecular complexity index is 451. The van der Waals surface area contributed by atoms with Crippen molar-refractivity contribution >= 4 is 23.1 Å². The number of carbonyl (C=O) groups is 1. The molecular formula is C15H23N3O2S. The molecule has 0 radical (unpaired) electrons. The van der Waals surface area contributed by atoms with Crippen LogP contribution in [0.25, 0.3) is 0 Å². The summed E-state index contributed by atoms with van der Waals surface area (Å²) in [5, 5.41) is 0. The molecule has 0 fully saturated rings. The molecule has 0 aliphatic rings. The Hall–Kier alpha value is -1.66. The van der Waals surface area contributed by atoms with E-state index in [0.717, 1.165) is 6.54 Å². The smallest absolute Gasteiger partial charge is 0.260 e. The van der Waals surface area contributed by atoms with Crippen molar-refractivity contribution in [3.8, 4) is 5.75 Å². The van der Waals surface area contributed by atoms with Gasteiger partial charge in [0.15, 0.2) is 6.61 Å². The number of carbonyl (C=O) groups excluding carboxylic acids is 1. The normalized spacial score (nSPS) is 10.4. The topological polar surface area (TPSA) is 58.8 Å². The number of hydrogen-bond donors (Lipinski definition) is 1. The molecule has 1 amide bonds. The Labute approximate surface area is 131 Å². The number of amides is 1. The predicted octanol–water partition coefficient (Wildman–Crippen LogP) is 1.13. The van der Waals surface area contributed by atoms with Crippen molar-refractivity contribution in [2.24, 2.45) is 5.73 Å².